The highest BCUT2D eigenvalue weighted by molar-refractivity contribution is 5.74. The first-order chi connectivity index (χ1) is 8.88. The number of nitrogens with one attached hydrogen (secondary N) is 1. The Labute approximate surface area is 115 Å². The van der Waals surface area contributed by atoms with Gasteiger partial charge in [-0.05, 0) is 37.5 Å². The largest absolute Gasteiger partial charge is 0.481 e. The normalized spacial score (nSPS) is 26.8. The van der Waals surface area contributed by atoms with Gasteiger partial charge in [-0.25, -0.2) is 4.79 Å². The van der Waals surface area contributed by atoms with Crippen molar-refractivity contribution >= 4 is 12.0 Å². The minimum Gasteiger partial charge on any atom is -0.481 e. The monoisotopic (exact) mass is 270 g/mol. The number of hydrogen-bond acceptors (Lipinski definition) is 2. The zero-order valence-corrected chi connectivity index (χ0v) is 12.2. The number of carbonyl (C=O) groups is 2. The van der Waals surface area contributed by atoms with Crippen LogP contribution < -0.4 is 5.32 Å². The third-order valence-electron chi connectivity index (χ3n) is 3.74. The molecule has 0 heterocycles. The molecular formula is C14H26N2O3. The van der Waals surface area contributed by atoms with Crippen molar-refractivity contribution in [3.8, 4) is 0 Å². The minimum absolute atomic E-state index is 0.0864. The van der Waals surface area contributed by atoms with Gasteiger partial charge < -0.3 is 15.3 Å². The number of carbonyl (C=O) groups excluding carboxylic acids is 1. The zero-order valence-electron chi connectivity index (χ0n) is 12.2. The summed E-state index contributed by atoms with van der Waals surface area (Å²) in [5, 5.41) is 11.6. The molecule has 1 saturated carbocycles. The van der Waals surface area contributed by atoms with Gasteiger partial charge in [-0.2, -0.15) is 0 Å². The molecule has 2 N–H and O–H groups in total. The number of amides is 2. The van der Waals surface area contributed by atoms with Crippen LogP contribution in [0.5, 0.6) is 0 Å². The van der Waals surface area contributed by atoms with Gasteiger partial charge in [-0.3, -0.25) is 4.79 Å². The molecule has 5 heteroatoms. The van der Waals surface area contributed by atoms with E-state index in [1.54, 1.807) is 11.9 Å². The topological polar surface area (TPSA) is 69.6 Å². The van der Waals surface area contributed by atoms with E-state index in [0.717, 1.165) is 12.8 Å². The smallest absolute Gasteiger partial charge is 0.317 e. The van der Waals surface area contributed by atoms with Crippen molar-refractivity contribution in [3.05, 3.63) is 0 Å². The number of rotatable bonds is 5. The lowest BCUT2D eigenvalue weighted by Gasteiger charge is -2.33. The number of carboxylic acids is 1. The molecule has 1 aliphatic carbocycles. The number of hydrogen-bond donors (Lipinski definition) is 2. The molecule has 0 radical (unpaired) electrons. The summed E-state index contributed by atoms with van der Waals surface area (Å²) in [6.45, 7) is 4.94. The van der Waals surface area contributed by atoms with Crippen LogP contribution in [-0.4, -0.2) is 41.6 Å². The molecule has 1 aliphatic rings. The molecule has 2 atom stereocenters. The first kappa shape index (κ1) is 15.8. The highest BCUT2D eigenvalue weighted by Gasteiger charge is 2.25. The second kappa shape index (κ2) is 7.36. The summed E-state index contributed by atoms with van der Waals surface area (Å²) in [4.78, 5) is 24.0. The predicted octanol–water partition coefficient (Wildman–Crippen LogP) is 2.32. The molecular weight excluding hydrogens is 244 g/mol. The van der Waals surface area contributed by atoms with Gasteiger partial charge in [0.1, 0.15) is 0 Å². The summed E-state index contributed by atoms with van der Waals surface area (Å²) in [6, 6.07) is 0.171. The van der Waals surface area contributed by atoms with Crippen molar-refractivity contribution in [1.29, 1.82) is 0 Å². The van der Waals surface area contributed by atoms with Gasteiger partial charge in [0.25, 0.3) is 0 Å². The van der Waals surface area contributed by atoms with Crippen LogP contribution in [0.3, 0.4) is 0 Å². The standard InChI is InChI=1S/C14H26N2O3/c1-10-7-11(2)9-12(8-10)15-14(19)16(3)6-4-5-13(17)18/h10-12H,4-9H2,1-3H3,(H,15,19)(H,17,18). The van der Waals surface area contributed by atoms with E-state index in [0.29, 0.717) is 24.8 Å². The van der Waals surface area contributed by atoms with Crippen molar-refractivity contribution in [2.75, 3.05) is 13.6 Å². The van der Waals surface area contributed by atoms with Gasteiger partial charge in [-0.1, -0.05) is 13.8 Å². The van der Waals surface area contributed by atoms with Crippen molar-refractivity contribution in [3.63, 3.8) is 0 Å². The van der Waals surface area contributed by atoms with Crippen molar-refractivity contribution in [1.82, 2.24) is 10.2 Å². The van der Waals surface area contributed by atoms with Crippen LogP contribution in [0.25, 0.3) is 0 Å². The Morgan fingerprint density at radius 2 is 1.79 bits per heavy atom. The maximum absolute atomic E-state index is 12.0. The quantitative estimate of drug-likeness (QED) is 0.805. The summed E-state index contributed by atoms with van der Waals surface area (Å²) in [6.07, 6.45) is 3.92. The van der Waals surface area contributed by atoms with Crippen LogP contribution in [0, 0.1) is 11.8 Å². The number of carboxylic acid groups (broad SMARTS) is 1. The third kappa shape index (κ3) is 5.94. The molecule has 0 spiro atoms. The van der Waals surface area contributed by atoms with Gasteiger partial charge >= 0.3 is 12.0 Å². The van der Waals surface area contributed by atoms with Crippen LogP contribution in [0.4, 0.5) is 4.79 Å². The number of urea groups is 1. The Hall–Kier alpha value is -1.26. The first-order valence-corrected chi connectivity index (χ1v) is 7.12. The summed E-state index contributed by atoms with van der Waals surface area (Å²) < 4.78 is 0. The van der Waals surface area contributed by atoms with Gasteiger partial charge in [0.05, 0.1) is 0 Å². The van der Waals surface area contributed by atoms with E-state index in [-0.39, 0.29) is 18.5 Å². The molecule has 110 valence electrons. The van der Waals surface area contributed by atoms with E-state index >= 15 is 0 Å². The van der Waals surface area contributed by atoms with E-state index < -0.39 is 5.97 Å². The molecule has 1 fully saturated rings. The molecule has 1 rings (SSSR count). The Morgan fingerprint density at radius 1 is 1.21 bits per heavy atom. The molecule has 5 nitrogen and oxygen atoms in total. The molecule has 0 bridgehead atoms. The first-order valence-electron chi connectivity index (χ1n) is 7.12. The average Bonchev–Trinajstić information content (AvgIpc) is 2.26. The molecule has 0 aromatic carbocycles. The van der Waals surface area contributed by atoms with E-state index in [4.69, 9.17) is 5.11 Å². The second-order valence-corrected chi connectivity index (χ2v) is 5.98. The average molecular weight is 270 g/mol. The van der Waals surface area contributed by atoms with Gasteiger partial charge in [-0.15, -0.1) is 0 Å². The second-order valence-electron chi connectivity index (χ2n) is 5.98. The van der Waals surface area contributed by atoms with Crippen LogP contribution in [0.2, 0.25) is 0 Å². The lowest BCUT2D eigenvalue weighted by Crippen LogP contribution is -2.46. The van der Waals surface area contributed by atoms with E-state index in [9.17, 15) is 9.59 Å². The maximum atomic E-state index is 12.0. The SMILES string of the molecule is CC1CC(C)CC(NC(=O)N(C)CCCC(=O)O)C1. The molecule has 0 aliphatic heterocycles. The summed E-state index contributed by atoms with van der Waals surface area (Å²) in [7, 11) is 1.72. The van der Waals surface area contributed by atoms with Crippen molar-refractivity contribution in [2.24, 2.45) is 11.8 Å². The highest BCUT2D eigenvalue weighted by atomic mass is 16.4. The van der Waals surface area contributed by atoms with Crippen LogP contribution >= 0.6 is 0 Å². The molecule has 2 amide bonds. The third-order valence-corrected chi connectivity index (χ3v) is 3.74. The van der Waals surface area contributed by atoms with E-state index in [1.807, 2.05) is 0 Å². The lowest BCUT2D eigenvalue weighted by atomic mass is 9.80. The zero-order chi connectivity index (χ0) is 14.4. The van der Waals surface area contributed by atoms with Gasteiger partial charge in [0, 0.05) is 26.1 Å². The summed E-state index contributed by atoms with van der Waals surface area (Å²) >= 11 is 0. The summed E-state index contributed by atoms with van der Waals surface area (Å²) in [5.41, 5.74) is 0. The highest BCUT2D eigenvalue weighted by Crippen LogP contribution is 2.28. The molecule has 0 aromatic heterocycles. The Kier molecular flexibility index (Phi) is 6.12. The number of aliphatic carboxylic acids is 1. The molecule has 0 saturated heterocycles. The fourth-order valence-corrected chi connectivity index (χ4v) is 2.92. The Balaban J connectivity index is 2.30. The Bertz CT molecular complexity index is 310. The Morgan fingerprint density at radius 3 is 2.32 bits per heavy atom. The summed E-state index contributed by atoms with van der Waals surface area (Å²) in [5.74, 6) is 0.501. The molecule has 0 aromatic rings. The van der Waals surface area contributed by atoms with Gasteiger partial charge in [0.2, 0.25) is 0 Å². The fraction of sp³-hybridized carbons (Fsp3) is 0.857. The molecule has 19 heavy (non-hydrogen) atoms. The van der Waals surface area contributed by atoms with Gasteiger partial charge in [0.15, 0.2) is 0 Å². The fourth-order valence-electron chi connectivity index (χ4n) is 2.92. The van der Waals surface area contributed by atoms with E-state index in [2.05, 4.69) is 19.2 Å². The lowest BCUT2D eigenvalue weighted by molar-refractivity contribution is -0.137. The van der Waals surface area contributed by atoms with Crippen molar-refractivity contribution in [2.45, 2.75) is 52.0 Å². The molecule has 2 unspecified atom stereocenters. The van der Waals surface area contributed by atoms with Crippen LogP contribution in [0.15, 0.2) is 0 Å². The minimum atomic E-state index is -0.816. The number of nitrogens with zero attached hydrogens (tertiary/aromatic N) is 1. The van der Waals surface area contributed by atoms with E-state index in [1.165, 1.54) is 6.42 Å². The van der Waals surface area contributed by atoms with Crippen LogP contribution in [-0.2, 0) is 4.79 Å². The van der Waals surface area contributed by atoms with Crippen LogP contribution in [0.1, 0.15) is 46.0 Å². The maximum Gasteiger partial charge on any atom is 0.317 e. The predicted molar refractivity (Wildman–Crippen MR) is 74.0 cm³/mol. The van der Waals surface area contributed by atoms with Crippen molar-refractivity contribution < 1.29 is 14.7 Å².